The molecule has 1 fully saturated rings. The van der Waals surface area contributed by atoms with Crippen molar-refractivity contribution >= 4 is 52.4 Å². The maximum Gasteiger partial charge on any atom is 0.326 e. The van der Waals surface area contributed by atoms with Gasteiger partial charge in [-0.15, -0.1) is 0 Å². The van der Waals surface area contributed by atoms with E-state index in [1.165, 1.54) is 19.5 Å². The van der Waals surface area contributed by atoms with Gasteiger partial charge in [0, 0.05) is 43.6 Å². The zero-order chi connectivity index (χ0) is 25.4. The summed E-state index contributed by atoms with van der Waals surface area (Å²) in [5, 5.41) is 18.9. The van der Waals surface area contributed by atoms with Crippen LogP contribution in [0.1, 0.15) is 28.8 Å². The monoisotopic (exact) mass is 522 g/mol. The van der Waals surface area contributed by atoms with E-state index in [1.54, 1.807) is 24.3 Å². The normalized spacial score (nSPS) is 15.2. The summed E-state index contributed by atoms with van der Waals surface area (Å²) in [5.74, 6) is -2.48. The van der Waals surface area contributed by atoms with Crippen molar-refractivity contribution in [2.24, 2.45) is 11.1 Å². The van der Waals surface area contributed by atoms with E-state index in [4.69, 9.17) is 32.8 Å². The molecule has 186 valence electrons. The Morgan fingerprint density at radius 3 is 2.37 bits per heavy atom. The summed E-state index contributed by atoms with van der Waals surface area (Å²) in [6.07, 6.45) is 3.84. The van der Waals surface area contributed by atoms with Gasteiger partial charge in [0.2, 0.25) is 0 Å². The van der Waals surface area contributed by atoms with Gasteiger partial charge in [-0.2, -0.15) is 0 Å². The van der Waals surface area contributed by atoms with Gasteiger partial charge in [-0.05, 0) is 30.5 Å². The van der Waals surface area contributed by atoms with E-state index in [0.29, 0.717) is 37.3 Å². The molecule has 1 aliphatic rings. The first-order valence-electron chi connectivity index (χ1n) is 10.7. The van der Waals surface area contributed by atoms with Crippen LogP contribution >= 0.6 is 23.2 Å². The molecule has 1 aromatic carbocycles. The SMILES string of the molecule is CON=C(C(=O)N[C@@H](Cc1ccc(NC(=O)c2c(Cl)cncc2Cl)cc1)C(=O)O)C1CCOCC1. The first kappa shape index (κ1) is 26.4. The third kappa shape index (κ3) is 7.14. The lowest BCUT2D eigenvalue weighted by molar-refractivity contribution is -0.141. The summed E-state index contributed by atoms with van der Waals surface area (Å²) in [5.41, 5.74) is 1.33. The number of aromatic nitrogens is 1. The van der Waals surface area contributed by atoms with Crippen molar-refractivity contribution < 1.29 is 29.1 Å². The van der Waals surface area contributed by atoms with Gasteiger partial charge in [0.05, 0.1) is 15.6 Å². The Hall–Kier alpha value is -3.21. The highest BCUT2D eigenvalue weighted by molar-refractivity contribution is 6.40. The predicted octanol–water partition coefficient (Wildman–Crippen LogP) is 3.18. The lowest BCUT2D eigenvalue weighted by Gasteiger charge is -2.23. The van der Waals surface area contributed by atoms with Gasteiger partial charge in [0.15, 0.2) is 0 Å². The number of carboxylic acids is 1. The molecular formula is C23H24Cl2N4O6. The molecule has 10 nitrogen and oxygen atoms in total. The Kier molecular flexibility index (Phi) is 9.41. The van der Waals surface area contributed by atoms with Crippen LogP contribution in [0.2, 0.25) is 10.0 Å². The Morgan fingerprint density at radius 2 is 1.80 bits per heavy atom. The van der Waals surface area contributed by atoms with E-state index in [9.17, 15) is 19.5 Å². The summed E-state index contributed by atoms with van der Waals surface area (Å²) in [4.78, 5) is 45.8. The number of carbonyl (C=O) groups is 3. The number of pyridine rings is 1. The van der Waals surface area contributed by atoms with Crippen molar-refractivity contribution in [1.82, 2.24) is 10.3 Å². The number of amides is 2. The van der Waals surface area contributed by atoms with E-state index in [1.807, 2.05) is 0 Å². The lowest BCUT2D eigenvalue weighted by atomic mass is 9.93. The number of nitrogens with zero attached hydrogens (tertiary/aromatic N) is 2. The minimum Gasteiger partial charge on any atom is -0.480 e. The molecule has 35 heavy (non-hydrogen) atoms. The quantitative estimate of drug-likeness (QED) is 0.339. The molecule has 1 aromatic heterocycles. The van der Waals surface area contributed by atoms with E-state index >= 15 is 0 Å². The largest absolute Gasteiger partial charge is 0.480 e. The molecule has 0 aliphatic carbocycles. The average Bonchev–Trinajstić information content (AvgIpc) is 2.83. The maximum absolute atomic E-state index is 12.8. The van der Waals surface area contributed by atoms with E-state index < -0.39 is 23.8 Å². The number of nitrogens with one attached hydrogen (secondary N) is 2. The molecule has 3 rings (SSSR count). The highest BCUT2D eigenvalue weighted by Crippen LogP contribution is 2.24. The molecule has 0 radical (unpaired) electrons. The molecule has 12 heteroatoms. The fourth-order valence-corrected chi connectivity index (χ4v) is 4.12. The highest BCUT2D eigenvalue weighted by atomic mass is 35.5. The predicted molar refractivity (Wildman–Crippen MR) is 130 cm³/mol. The Labute approximate surface area is 211 Å². The standard InChI is InChI=1S/C23H24Cl2N4O6/c1-34-29-20(14-6-8-35-9-7-14)22(31)28-18(23(32)33)10-13-2-4-15(5-3-13)27-21(30)19-16(24)11-26-12-17(19)25/h2-5,11-12,14,18H,6-10H2,1H3,(H,27,30)(H,28,31)(H,32,33)/t18-/m0/s1. The van der Waals surface area contributed by atoms with Crippen molar-refractivity contribution in [3.05, 3.63) is 57.8 Å². The van der Waals surface area contributed by atoms with Crippen molar-refractivity contribution in [1.29, 1.82) is 0 Å². The number of hydrogen-bond acceptors (Lipinski definition) is 7. The van der Waals surface area contributed by atoms with Gasteiger partial charge >= 0.3 is 5.97 Å². The third-order valence-electron chi connectivity index (χ3n) is 5.37. The van der Waals surface area contributed by atoms with Crippen LogP contribution in [0.4, 0.5) is 5.69 Å². The molecule has 0 bridgehead atoms. The van der Waals surface area contributed by atoms with Crippen molar-refractivity contribution in [3.63, 3.8) is 0 Å². The minimum absolute atomic E-state index is 0.0192. The number of hydrogen-bond donors (Lipinski definition) is 3. The van der Waals surface area contributed by atoms with Crippen LogP contribution in [0.3, 0.4) is 0 Å². The van der Waals surface area contributed by atoms with Crippen LogP contribution in [-0.2, 0) is 25.6 Å². The molecule has 0 spiro atoms. The highest BCUT2D eigenvalue weighted by Gasteiger charge is 2.29. The van der Waals surface area contributed by atoms with Crippen LogP contribution in [-0.4, -0.2) is 60.0 Å². The fourth-order valence-electron chi connectivity index (χ4n) is 3.58. The first-order chi connectivity index (χ1) is 16.8. The van der Waals surface area contributed by atoms with Crippen LogP contribution in [0.25, 0.3) is 0 Å². The molecule has 1 aliphatic heterocycles. The van der Waals surface area contributed by atoms with Crippen molar-refractivity contribution in [3.8, 4) is 0 Å². The Morgan fingerprint density at radius 1 is 1.17 bits per heavy atom. The molecule has 2 aromatic rings. The molecule has 2 heterocycles. The topological polar surface area (TPSA) is 139 Å². The number of aliphatic carboxylic acids is 1. The summed E-state index contributed by atoms with van der Waals surface area (Å²) >= 11 is 12.0. The fraction of sp³-hybridized carbons (Fsp3) is 0.348. The van der Waals surface area contributed by atoms with E-state index in [2.05, 4.69) is 20.8 Å². The number of anilines is 1. The minimum atomic E-state index is -1.20. The Balaban J connectivity index is 1.66. The second kappa shape index (κ2) is 12.5. The second-order valence-electron chi connectivity index (χ2n) is 7.74. The number of carboxylic acid groups (broad SMARTS) is 1. The first-order valence-corrected chi connectivity index (χ1v) is 11.5. The molecular weight excluding hydrogens is 499 g/mol. The number of halogens is 2. The summed E-state index contributed by atoms with van der Waals surface area (Å²) < 4.78 is 5.31. The lowest BCUT2D eigenvalue weighted by Crippen LogP contribution is -2.47. The average molecular weight is 523 g/mol. The van der Waals surface area contributed by atoms with Gasteiger partial charge in [-0.25, -0.2) is 4.79 Å². The molecule has 2 amide bonds. The number of carbonyl (C=O) groups excluding carboxylic acids is 2. The number of benzene rings is 1. The van der Waals surface area contributed by atoms with Gasteiger partial charge in [-0.3, -0.25) is 14.6 Å². The van der Waals surface area contributed by atoms with Gasteiger partial charge in [0.25, 0.3) is 11.8 Å². The smallest absolute Gasteiger partial charge is 0.326 e. The molecule has 1 saturated heterocycles. The van der Waals surface area contributed by atoms with Crippen molar-refractivity contribution in [2.45, 2.75) is 25.3 Å². The van der Waals surface area contributed by atoms with Gasteiger partial charge < -0.3 is 25.3 Å². The summed E-state index contributed by atoms with van der Waals surface area (Å²) in [6, 6.07) is 5.32. The van der Waals surface area contributed by atoms with Gasteiger partial charge in [-0.1, -0.05) is 40.5 Å². The van der Waals surface area contributed by atoms with Crippen LogP contribution in [0, 0.1) is 5.92 Å². The zero-order valence-corrected chi connectivity index (χ0v) is 20.3. The van der Waals surface area contributed by atoms with Crippen LogP contribution in [0.15, 0.2) is 41.8 Å². The zero-order valence-electron chi connectivity index (χ0n) is 18.8. The van der Waals surface area contributed by atoms with Gasteiger partial charge in [0.1, 0.15) is 18.9 Å². The van der Waals surface area contributed by atoms with E-state index in [-0.39, 0.29) is 33.7 Å². The summed E-state index contributed by atoms with van der Waals surface area (Å²) in [6.45, 7) is 0.983. The number of rotatable bonds is 9. The summed E-state index contributed by atoms with van der Waals surface area (Å²) in [7, 11) is 1.33. The van der Waals surface area contributed by atoms with E-state index in [0.717, 1.165) is 0 Å². The van der Waals surface area contributed by atoms with Crippen LogP contribution < -0.4 is 10.6 Å². The third-order valence-corrected chi connectivity index (χ3v) is 5.94. The number of oxime groups is 1. The Bertz CT molecular complexity index is 1080. The maximum atomic E-state index is 12.8. The molecule has 3 N–H and O–H groups in total. The number of ether oxygens (including phenoxy) is 1. The molecule has 1 atom stereocenters. The molecule has 0 saturated carbocycles. The second-order valence-corrected chi connectivity index (χ2v) is 8.56. The molecule has 0 unspecified atom stereocenters. The van der Waals surface area contributed by atoms with Crippen LogP contribution in [0.5, 0.6) is 0 Å². The van der Waals surface area contributed by atoms with Crippen molar-refractivity contribution in [2.75, 3.05) is 25.6 Å².